The van der Waals surface area contributed by atoms with E-state index in [-0.39, 0.29) is 0 Å². The lowest BCUT2D eigenvalue weighted by Crippen LogP contribution is -2.29. The Labute approximate surface area is 108 Å². The van der Waals surface area contributed by atoms with Crippen LogP contribution in [0.25, 0.3) is 0 Å². The number of nitrogens with one attached hydrogen (secondary N) is 1. The van der Waals surface area contributed by atoms with Crippen LogP contribution < -0.4 is 5.32 Å². The number of nitrogens with zero attached hydrogens (tertiary/aromatic N) is 1. The second-order valence-electron chi connectivity index (χ2n) is 4.59. The fourth-order valence-corrected chi connectivity index (χ4v) is 1.86. The third-order valence-electron chi connectivity index (χ3n) is 3.02. The van der Waals surface area contributed by atoms with Gasteiger partial charge in [0.15, 0.2) is 0 Å². The standard InChI is InChI=1S/C16H16N2/c1-13-8-10-14(11-9-13)16(2,12-17)18-15-6-4-3-5-7-15/h3-11,18H,1-2H3. The van der Waals surface area contributed by atoms with E-state index in [9.17, 15) is 5.26 Å². The molecule has 2 heteroatoms. The van der Waals surface area contributed by atoms with Crippen molar-refractivity contribution in [2.45, 2.75) is 19.4 Å². The van der Waals surface area contributed by atoms with Crippen LogP contribution in [0.15, 0.2) is 54.6 Å². The number of para-hydroxylation sites is 1. The molecule has 1 atom stereocenters. The lowest BCUT2D eigenvalue weighted by atomic mass is 9.92. The molecule has 1 N–H and O–H groups in total. The zero-order valence-corrected chi connectivity index (χ0v) is 10.6. The molecule has 0 aromatic heterocycles. The predicted octanol–water partition coefficient (Wildman–Crippen LogP) is 3.85. The monoisotopic (exact) mass is 236 g/mol. The molecule has 2 nitrogen and oxygen atoms in total. The second kappa shape index (κ2) is 4.93. The molecule has 2 aromatic carbocycles. The number of anilines is 1. The quantitative estimate of drug-likeness (QED) is 0.878. The third-order valence-corrected chi connectivity index (χ3v) is 3.02. The lowest BCUT2D eigenvalue weighted by molar-refractivity contribution is 0.706. The number of hydrogen-bond acceptors (Lipinski definition) is 2. The first-order chi connectivity index (χ1) is 8.64. The van der Waals surface area contributed by atoms with E-state index < -0.39 is 5.54 Å². The zero-order valence-electron chi connectivity index (χ0n) is 10.6. The van der Waals surface area contributed by atoms with Crippen molar-refractivity contribution in [1.29, 1.82) is 5.26 Å². The zero-order chi connectivity index (χ0) is 13.0. The molecule has 0 fully saturated rings. The van der Waals surface area contributed by atoms with Gasteiger partial charge in [-0.25, -0.2) is 0 Å². The first kappa shape index (κ1) is 12.2. The van der Waals surface area contributed by atoms with E-state index in [1.807, 2.05) is 68.4 Å². The maximum atomic E-state index is 9.46. The van der Waals surface area contributed by atoms with Crippen LogP contribution in [-0.4, -0.2) is 0 Å². The van der Waals surface area contributed by atoms with Crippen molar-refractivity contribution < 1.29 is 0 Å². The summed E-state index contributed by atoms with van der Waals surface area (Å²) < 4.78 is 0. The van der Waals surface area contributed by atoms with Gasteiger partial charge in [0.1, 0.15) is 5.54 Å². The molecule has 0 spiro atoms. The van der Waals surface area contributed by atoms with Crippen molar-refractivity contribution in [2.24, 2.45) is 0 Å². The van der Waals surface area contributed by atoms with E-state index in [1.54, 1.807) is 0 Å². The third kappa shape index (κ3) is 2.52. The van der Waals surface area contributed by atoms with Gasteiger partial charge in [0.25, 0.3) is 0 Å². The van der Waals surface area contributed by atoms with Gasteiger partial charge in [-0.05, 0) is 31.5 Å². The average molecular weight is 236 g/mol. The van der Waals surface area contributed by atoms with Crippen molar-refractivity contribution in [3.05, 3.63) is 65.7 Å². The SMILES string of the molecule is Cc1ccc(C(C)(C#N)Nc2ccccc2)cc1. The van der Waals surface area contributed by atoms with E-state index in [2.05, 4.69) is 11.4 Å². The Kier molecular flexibility index (Phi) is 3.34. The molecule has 0 amide bonds. The van der Waals surface area contributed by atoms with E-state index in [0.29, 0.717) is 0 Å². The van der Waals surface area contributed by atoms with Crippen molar-refractivity contribution in [3.63, 3.8) is 0 Å². The van der Waals surface area contributed by atoms with E-state index in [0.717, 1.165) is 11.3 Å². The highest BCUT2D eigenvalue weighted by molar-refractivity contribution is 5.50. The number of rotatable bonds is 3. The minimum absolute atomic E-state index is 0.713. The summed E-state index contributed by atoms with van der Waals surface area (Å²) in [6.07, 6.45) is 0. The van der Waals surface area contributed by atoms with Gasteiger partial charge in [-0.3, -0.25) is 0 Å². The van der Waals surface area contributed by atoms with Crippen LogP contribution in [0.4, 0.5) is 5.69 Å². The minimum atomic E-state index is -0.713. The number of hydrogen-bond donors (Lipinski definition) is 1. The second-order valence-corrected chi connectivity index (χ2v) is 4.59. The van der Waals surface area contributed by atoms with Crippen LogP contribution in [0.2, 0.25) is 0 Å². The Bertz CT molecular complexity index is 552. The Morgan fingerprint density at radius 1 is 1.00 bits per heavy atom. The Hall–Kier alpha value is -2.27. The summed E-state index contributed by atoms with van der Waals surface area (Å²) in [6, 6.07) is 20.2. The van der Waals surface area contributed by atoms with Gasteiger partial charge in [0, 0.05) is 5.69 Å². The van der Waals surface area contributed by atoms with Gasteiger partial charge in [0.05, 0.1) is 6.07 Å². The van der Waals surface area contributed by atoms with Gasteiger partial charge >= 0.3 is 0 Å². The minimum Gasteiger partial charge on any atom is -0.364 e. The number of nitriles is 1. The summed E-state index contributed by atoms with van der Waals surface area (Å²) in [5.41, 5.74) is 2.40. The molecule has 1 unspecified atom stereocenters. The van der Waals surface area contributed by atoms with Crippen LogP contribution in [0, 0.1) is 18.3 Å². The molecule has 0 bridgehead atoms. The first-order valence-electron chi connectivity index (χ1n) is 5.96. The molecule has 0 radical (unpaired) electrons. The van der Waals surface area contributed by atoms with Crippen LogP contribution in [-0.2, 0) is 5.54 Å². The molecule has 2 aromatic rings. The smallest absolute Gasteiger partial charge is 0.148 e. The van der Waals surface area contributed by atoms with E-state index in [1.165, 1.54) is 5.56 Å². The van der Waals surface area contributed by atoms with Gasteiger partial charge in [0.2, 0.25) is 0 Å². The topological polar surface area (TPSA) is 35.8 Å². The fourth-order valence-electron chi connectivity index (χ4n) is 1.86. The molecule has 0 aliphatic heterocycles. The van der Waals surface area contributed by atoms with E-state index >= 15 is 0 Å². The largest absolute Gasteiger partial charge is 0.364 e. The molecule has 2 rings (SSSR count). The molecule has 0 saturated carbocycles. The Morgan fingerprint density at radius 3 is 2.17 bits per heavy atom. The fraction of sp³-hybridized carbons (Fsp3) is 0.188. The first-order valence-corrected chi connectivity index (χ1v) is 5.96. The van der Waals surface area contributed by atoms with Crippen molar-refractivity contribution >= 4 is 5.69 Å². The lowest BCUT2D eigenvalue weighted by Gasteiger charge is -2.25. The molecule has 0 heterocycles. The normalized spacial score (nSPS) is 13.4. The van der Waals surface area contributed by atoms with Crippen LogP contribution in [0.3, 0.4) is 0 Å². The summed E-state index contributed by atoms with van der Waals surface area (Å²) in [7, 11) is 0. The van der Waals surface area contributed by atoms with Crippen molar-refractivity contribution in [3.8, 4) is 6.07 Å². The van der Waals surface area contributed by atoms with Crippen LogP contribution in [0.1, 0.15) is 18.1 Å². The highest BCUT2D eigenvalue weighted by atomic mass is 15.0. The molecular weight excluding hydrogens is 220 g/mol. The number of benzene rings is 2. The molecule has 0 aliphatic rings. The number of aryl methyl sites for hydroxylation is 1. The summed E-state index contributed by atoms with van der Waals surface area (Å²) in [5, 5.41) is 12.7. The summed E-state index contributed by atoms with van der Waals surface area (Å²) in [6.45, 7) is 3.93. The van der Waals surface area contributed by atoms with Crippen molar-refractivity contribution in [1.82, 2.24) is 0 Å². The molecule has 18 heavy (non-hydrogen) atoms. The van der Waals surface area contributed by atoms with Crippen LogP contribution in [0.5, 0.6) is 0 Å². The molecule has 90 valence electrons. The van der Waals surface area contributed by atoms with Gasteiger partial charge in [-0.1, -0.05) is 48.0 Å². The Balaban J connectivity index is 2.32. The highest BCUT2D eigenvalue weighted by Crippen LogP contribution is 2.25. The van der Waals surface area contributed by atoms with Crippen LogP contribution >= 0.6 is 0 Å². The van der Waals surface area contributed by atoms with Crippen molar-refractivity contribution in [2.75, 3.05) is 5.32 Å². The Morgan fingerprint density at radius 2 is 1.61 bits per heavy atom. The summed E-state index contributed by atoms with van der Waals surface area (Å²) >= 11 is 0. The molecule has 0 aliphatic carbocycles. The summed E-state index contributed by atoms with van der Waals surface area (Å²) in [4.78, 5) is 0. The van der Waals surface area contributed by atoms with E-state index in [4.69, 9.17) is 0 Å². The van der Waals surface area contributed by atoms with Gasteiger partial charge < -0.3 is 5.32 Å². The molecule has 0 saturated heterocycles. The maximum absolute atomic E-state index is 9.46. The summed E-state index contributed by atoms with van der Waals surface area (Å²) in [5.74, 6) is 0. The highest BCUT2D eigenvalue weighted by Gasteiger charge is 2.25. The molecular formula is C16H16N2. The van der Waals surface area contributed by atoms with Gasteiger partial charge in [-0.2, -0.15) is 5.26 Å². The maximum Gasteiger partial charge on any atom is 0.148 e. The predicted molar refractivity (Wildman–Crippen MR) is 74.2 cm³/mol. The average Bonchev–Trinajstić information content (AvgIpc) is 2.40. The van der Waals surface area contributed by atoms with Gasteiger partial charge in [-0.15, -0.1) is 0 Å².